The lowest BCUT2D eigenvalue weighted by Crippen LogP contribution is -2.43. The topological polar surface area (TPSA) is 89.2 Å². The summed E-state index contributed by atoms with van der Waals surface area (Å²) in [5.41, 5.74) is 7.66. The Balaban J connectivity index is 1.28. The van der Waals surface area contributed by atoms with Gasteiger partial charge in [0.05, 0.1) is 17.9 Å². The third-order valence-corrected chi connectivity index (χ3v) is 7.89. The van der Waals surface area contributed by atoms with Gasteiger partial charge in [-0.1, -0.05) is 6.07 Å². The van der Waals surface area contributed by atoms with Crippen molar-refractivity contribution in [1.82, 2.24) is 30.2 Å². The average Bonchev–Trinajstić information content (AvgIpc) is 3.74. The number of ether oxygens (including phenoxy) is 1. The van der Waals surface area contributed by atoms with Gasteiger partial charge in [-0.25, -0.2) is 4.68 Å². The number of aromatic nitrogens is 4. The van der Waals surface area contributed by atoms with Crippen LogP contribution >= 0.6 is 0 Å². The van der Waals surface area contributed by atoms with Crippen molar-refractivity contribution < 1.29 is 9.53 Å². The molecule has 0 radical (unpaired) electrons. The Labute approximate surface area is 228 Å². The maximum atomic E-state index is 13.6. The molecular weight excluding hydrogens is 490 g/mol. The molecule has 202 valence electrons. The molecule has 2 bridgehead atoms. The zero-order valence-electron chi connectivity index (χ0n) is 22.9. The zero-order chi connectivity index (χ0) is 27.1. The molecule has 2 saturated heterocycles. The van der Waals surface area contributed by atoms with Crippen LogP contribution in [0.4, 0.5) is 5.69 Å². The SMILES string of the molecule is COCn1ccc(-c2cc(-c3cnn(C)c3)cc([C@@H](C)NC(=O)c3cc(N4C[C@H]5C[C@@H]4CN5)ccc3C)c2)n1. The third-order valence-electron chi connectivity index (χ3n) is 7.89. The van der Waals surface area contributed by atoms with Crippen LogP contribution in [-0.2, 0) is 18.5 Å². The molecule has 1 amide bonds. The predicted molar refractivity (Wildman–Crippen MR) is 151 cm³/mol. The summed E-state index contributed by atoms with van der Waals surface area (Å²) in [6, 6.07) is 15.4. The molecule has 6 rings (SSSR count). The van der Waals surface area contributed by atoms with Gasteiger partial charge in [0.25, 0.3) is 5.91 Å². The number of anilines is 1. The van der Waals surface area contributed by atoms with Gasteiger partial charge >= 0.3 is 0 Å². The minimum absolute atomic E-state index is 0.0676. The molecule has 2 aliphatic heterocycles. The summed E-state index contributed by atoms with van der Waals surface area (Å²) in [6.07, 6.45) is 6.92. The molecule has 2 aliphatic rings. The lowest BCUT2D eigenvalue weighted by molar-refractivity contribution is 0.0939. The Morgan fingerprint density at radius 3 is 2.74 bits per heavy atom. The number of piperazine rings is 1. The van der Waals surface area contributed by atoms with Crippen molar-refractivity contribution in [2.75, 3.05) is 25.1 Å². The standard InChI is InChI=1S/C30H35N7O2/c1-19-5-6-26(37-17-25-12-27(37)15-31-25)13-28(19)30(38)33-20(2)21-9-22(24-14-32-35(3)16-24)11-23(10-21)29-7-8-36(34-29)18-39-4/h5-11,13-14,16,20,25,27,31H,12,15,17-18H2,1-4H3,(H,33,38)/t20-,25-,27-/m1/s1. The van der Waals surface area contributed by atoms with E-state index in [0.717, 1.165) is 57.9 Å². The van der Waals surface area contributed by atoms with Crippen LogP contribution in [0.15, 0.2) is 61.1 Å². The highest BCUT2D eigenvalue weighted by molar-refractivity contribution is 5.97. The number of methoxy groups -OCH3 is 1. The van der Waals surface area contributed by atoms with E-state index in [9.17, 15) is 4.79 Å². The van der Waals surface area contributed by atoms with Gasteiger partial charge in [-0.15, -0.1) is 0 Å². The van der Waals surface area contributed by atoms with E-state index < -0.39 is 0 Å². The van der Waals surface area contributed by atoms with E-state index in [1.165, 1.54) is 6.42 Å². The molecule has 3 atom stereocenters. The van der Waals surface area contributed by atoms with Crippen molar-refractivity contribution in [1.29, 1.82) is 0 Å². The summed E-state index contributed by atoms with van der Waals surface area (Å²) < 4.78 is 8.77. The largest absolute Gasteiger partial charge is 0.366 e. The van der Waals surface area contributed by atoms with Crippen LogP contribution in [0.3, 0.4) is 0 Å². The Bertz CT molecular complexity index is 1510. The van der Waals surface area contributed by atoms with Crippen LogP contribution in [0.5, 0.6) is 0 Å². The smallest absolute Gasteiger partial charge is 0.252 e. The molecule has 0 aliphatic carbocycles. The minimum Gasteiger partial charge on any atom is -0.366 e. The van der Waals surface area contributed by atoms with Crippen LogP contribution < -0.4 is 15.5 Å². The number of amides is 1. The molecule has 39 heavy (non-hydrogen) atoms. The third kappa shape index (κ3) is 5.07. The number of rotatable bonds is 8. The number of nitrogens with one attached hydrogen (secondary N) is 2. The summed E-state index contributed by atoms with van der Waals surface area (Å²) in [5, 5.41) is 15.8. The summed E-state index contributed by atoms with van der Waals surface area (Å²) >= 11 is 0. The molecule has 2 aromatic heterocycles. The first kappa shape index (κ1) is 25.3. The van der Waals surface area contributed by atoms with Crippen molar-refractivity contribution in [2.24, 2.45) is 7.05 Å². The first-order valence-electron chi connectivity index (χ1n) is 13.5. The lowest BCUT2D eigenvalue weighted by atomic mass is 9.96. The van der Waals surface area contributed by atoms with Crippen LogP contribution in [0.2, 0.25) is 0 Å². The molecule has 9 nitrogen and oxygen atoms in total. The predicted octanol–water partition coefficient (Wildman–Crippen LogP) is 3.90. The fourth-order valence-corrected chi connectivity index (χ4v) is 5.77. The average molecular weight is 526 g/mol. The Hall–Kier alpha value is -3.95. The van der Waals surface area contributed by atoms with Crippen molar-refractivity contribution in [3.05, 3.63) is 77.7 Å². The molecule has 2 N–H and O–H groups in total. The van der Waals surface area contributed by atoms with Gasteiger partial charge in [0, 0.05) is 74.1 Å². The monoisotopic (exact) mass is 525 g/mol. The van der Waals surface area contributed by atoms with Crippen LogP contribution in [0.25, 0.3) is 22.4 Å². The van der Waals surface area contributed by atoms with E-state index >= 15 is 0 Å². The van der Waals surface area contributed by atoms with Gasteiger partial charge in [-0.2, -0.15) is 10.2 Å². The number of carbonyl (C=O) groups excluding carboxylic acids is 1. The summed E-state index contributed by atoms with van der Waals surface area (Å²) in [4.78, 5) is 16.0. The highest BCUT2D eigenvalue weighted by Crippen LogP contribution is 2.32. The number of carbonyl (C=O) groups is 1. The Morgan fingerprint density at radius 1 is 1.18 bits per heavy atom. The Kier molecular flexibility index (Phi) is 6.70. The van der Waals surface area contributed by atoms with Crippen LogP contribution in [-0.4, -0.2) is 57.8 Å². The van der Waals surface area contributed by atoms with E-state index in [4.69, 9.17) is 4.74 Å². The van der Waals surface area contributed by atoms with Gasteiger partial charge in [-0.3, -0.25) is 9.48 Å². The van der Waals surface area contributed by atoms with Gasteiger partial charge in [-0.05, 0) is 73.4 Å². The number of aryl methyl sites for hydroxylation is 2. The summed E-state index contributed by atoms with van der Waals surface area (Å²) in [5.74, 6) is -0.0676. The van der Waals surface area contributed by atoms with Gasteiger partial charge in [0.2, 0.25) is 0 Å². The molecule has 0 spiro atoms. The van der Waals surface area contributed by atoms with E-state index in [1.807, 2.05) is 45.6 Å². The summed E-state index contributed by atoms with van der Waals surface area (Å²) in [6.45, 7) is 6.41. The van der Waals surface area contributed by atoms with E-state index in [-0.39, 0.29) is 11.9 Å². The second-order valence-electron chi connectivity index (χ2n) is 10.7. The highest BCUT2D eigenvalue weighted by atomic mass is 16.5. The number of benzene rings is 2. The number of hydrogen-bond acceptors (Lipinski definition) is 6. The quantitative estimate of drug-likeness (QED) is 0.363. The molecule has 9 heteroatoms. The van der Waals surface area contributed by atoms with Crippen molar-refractivity contribution in [3.8, 4) is 22.4 Å². The van der Waals surface area contributed by atoms with Gasteiger partial charge < -0.3 is 20.3 Å². The summed E-state index contributed by atoms with van der Waals surface area (Å²) in [7, 11) is 3.56. The van der Waals surface area contributed by atoms with Gasteiger partial charge in [0.1, 0.15) is 6.73 Å². The molecular formula is C30H35N7O2. The molecule has 4 aromatic rings. The molecule has 0 unspecified atom stereocenters. The number of hydrogen-bond donors (Lipinski definition) is 2. The van der Waals surface area contributed by atoms with Crippen molar-refractivity contribution in [2.45, 2.75) is 45.1 Å². The second-order valence-corrected chi connectivity index (χ2v) is 10.7. The molecule has 4 heterocycles. The maximum absolute atomic E-state index is 13.6. The van der Waals surface area contributed by atoms with Crippen molar-refractivity contribution in [3.63, 3.8) is 0 Å². The van der Waals surface area contributed by atoms with Crippen LogP contribution in [0.1, 0.15) is 40.9 Å². The Morgan fingerprint density at radius 2 is 2.03 bits per heavy atom. The first-order valence-corrected chi connectivity index (χ1v) is 13.5. The maximum Gasteiger partial charge on any atom is 0.252 e. The molecule has 0 saturated carbocycles. The zero-order valence-corrected chi connectivity index (χ0v) is 22.9. The lowest BCUT2D eigenvalue weighted by Gasteiger charge is -2.30. The van der Waals surface area contributed by atoms with E-state index in [1.54, 1.807) is 16.5 Å². The number of nitrogens with zero attached hydrogens (tertiary/aromatic N) is 5. The first-order chi connectivity index (χ1) is 18.9. The van der Waals surface area contributed by atoms with E-state index in [2.05, 4.69) is 62.1 Å². The molecule has 2 fully saturated rings. The van der Waals surface area contributed by atoms with E-state index in [0.29, 0.717) is 18.8 Å². The fourth-order valence-electron chi connectivity index (χ4n) is 5.77. The number of fused-ring (bicyclic) bond motifs is 2. The second kappa shape index (κ2) is 10.3. The highest BCUT2D eigenvalue weighted by Gasteiger charge is 2.37. The van der Waals surface area contributed by atoms with Crippen LogP contribution in [0, 0.1) is 6.92 Å². The fraction of sp³-hybridized carbons (Fsp3) is 0.367. The van der Waals surface area contributed by atoms with Crippen molar-refractivity contribution >= 4 is 11.6 Å². The normalized spacial score (nSPS) is 19.0. The molecule has 2 aromatic carbocycles. The van der Waals surface area contributed by atoms with Gasteiger partial charge in [0.15, 0.2) is 0 Å². The minimum atomic E-state index is -0.219.